The summed E-state index contributed by atoms with van der Waals surface area (Å²) in [6.07, 6.45) is 7.79. The molecular weight excluding hydrogens is 208 g/mol. The molecule has 0 spiro atoms. The first-order valence-electron chi connectivity index (χ1n) is 6.82. The molecule has 94 valence electrons. The zero-order chi connectivity index (χ0) is 12.3. The molecule has 1 heterocycles. The van der Waals surface area contributed by atoms with Crippen molar-refractivity contribution < 1.29 is 0 Å². The van der Waals surface area contributed by atoms with Crippen molar-refractivity contribution in [3.05, 3.63) is 30.1 Å². The van der Waals surface area contributed by atoms with Crippen molar-refractivity contribution in [2.75, 3.05) is 0 Å². The normalized spacial score (nSPS) is 31.1. The molecule has 1 aromatic rings. The number of aromatic nitrogens is 1. The lowest BCUT2D eigenvalue weighted by Crippen LogP contribution is -2.40. The van der Waals surface area contributed by atoms with Gasteiger partial charge in [-0.25, -0.2) is 0 Å². The van der Waals surface area contributed by atoms with Crippen molar-refractivity contribution in [3.8, 4) is 0 Å². The molecule has 1 aliphatic rings. The van der Waals surface area contributed by atoms with Crippen LogP contribution in [-0.4, -0.2) is 11.0 Å². The molecule has 4 atom stereocenters. The monoisotopic (exact) mass is 232 g/mol. The van der Waals surface area contributed by atoms with Crippen LogP contribution in [0.2, 0.25) is 0 Å². The highest BCUT2D eigenvalue weighted by molar-refractivity contribution is 5.14. The van der Waals surface area contributed by atoms with E-state index in [1.165, 1.54) is 24.8 Å². The summed E-state index contributed by atoms with van der Waals surface area (Å²) in [5.74, 6) is 1.70. The van der Waals surface area contributed by atoms with Gasteiger partial charge < -0.3 is 5.32 Å². The Morgan fingerprint density at radius 2 is 1.94 bits per heavy atom. The lowest BCUT2D eigenvalue weighted by molar-refractivity contribution is 0.216. The molecule has 1 fully saturated rings. The third-order valence-corrected chi connectivity index (χ3v) is 4.10. The Morgan fingerprint density at radius 3 is 2.59 bits per heavy atom. The van der Waals surface area contributed by atoms with Gasteiger partial charge in [-0.1, -0.05) is 13.8 Å². The average molecular weight is 232 g/mol. The van der Waals surface area contributed by atoms with Gasteiger partial charge in [0.2, 0.25) is 0 Å². The van der Waals surface area contributed by atoms with Crippen LogP contribution in [0.4, 0.5) is 0 Å². The molecule has 0 bridgehead atoms. The quantitative estimate of drug-likeness (QED) is 0.862. The number of pyridine rings is 1. The van der Waals surface area contributed by atoms with Gasteiger partial charge in [0.05, 0.1) is 0 Å². The van der Waals surface area contributed by atoms with Crippen molar-refractivity contribution in [1.29, 1.82) is 0 Å². The van der Waals surface area contributed by atoms with Crippen LogP contribution in [0.5, 0.6) is 0 Å². The van der Waals surface area contributed by atoms with Crippen LogP contribution < -0.4 is 5.32 Å². The summed E-state index contributed by atoms with van der Waals surface area (Å²) in [4.78, 5) is 4.07. The second-order valence-corrected chi connectivity index (χ2v) is 5.67. The summed E-state index contributed by atoms with van der Waals surface area (Å²) in [5, 5.41) is 3.78. The second kappa shape index (κ2) is 5.63. The number of rotatable bonds is 3. The third-order valence-electron chi connectivity index (χ3n) is 4.10. The molecular formula is C15H24N2. The molecule has 0 amide bonds. The van der Waals surface area contributed by atoms with Gasteiger partial charge in [-0.3, -0.25) is 4.98 Å². The minimum absolute atomic E-state index is 0.429. The van der Waals surface area contributed by atoms with E-state index in [0.29, 0.717) is 12.1 Å². The van der Waals surface area contributed by atoms with Crippen LogP contribution in [0.3, 0.4) is 0 Å². The second-order valence-electron chi connectivity index (χ2n) is 5.67. The van der Waals surface area contributed by atoms with Gasteiger partial charge in [0.15, 0.2) is 0 Å². The molecule has 2 heteroatoms. The van der Waals surface area contributed by atoms with Gasteiger partial charge in [0.25, 0.3) is 0 Å². The SMILES string of the molecule is CC1CCC(N[C@@H](C)c2ccncc2)C(C)C1. The van der Waals surface area contributed by atoms with Crippen LogP contribution in [0.25, 0.3) is 0 Å². The predicted octanol–water partition coefficient (Wildman–Crippen LogP) is 3.56. The molecule has 0 saturated heterocycles. The molecule has 1 aliphatic carbocycles. The van der Waals surface area contributed by atoms with E-state index in [1.54, 1.807) is 0 Å². The maximum Gasteiger partial charge on any atom is 0.0295 e. The molecule has 1 N–H and O–H groups in total. The molecule has 1 saturated carbocycles. The first-order chi connectivity index (χ1) is 8.16. The highest BCUT2D eigenvalue weighted by Gasteiger charge is 2.26. The topological polar surface area (TPSA) is 24.9 Å². The zero-order valence-corrected chi connectivity index (χ0v) is 11.2. The van der Waals surface area contributed by atoms with Gasteiger partial charge in [0, 0.05) is 24.5 Å². The fourth-order valence-corrected chi connectivity index (χ4v) is 2.98. The van der Waals surface area contributed by atoms with Crippen molar-refractivity contribution in [2.24, 2.45) is 11.8 Å². The van der Waals surface area contributed by atoms with E-state index in [9.17, 15) is 0 Å². The van der Waals surface area contributed by atoms with Gasteiger partial charge in [0.1, 0.15) is 0 Å². The number of hydrogen-bond acceptors (Lipinski definition) is 2. The Morgan fingerprint density at radius 1 is 1.24 bits per heavy atom. The number of nitrogens with zero attached hydrogens (tertiary/aromatic N) is 1. The molecule has 1 aromatic heterocycles. The van der Waals surface area contributed by atoms with E-state index in [2.05, 4.69) is 43.2 Å². The highest BCUT2D eigenvalue weighted by Crippen LogP contribution is 2.30. The lowest BCUT2D eigenvalue weighted by Gasteiger charge is -2.35. The summed E-state index contributed by atoms with van der Waals surface area (Å²) in [6.45, 7) is 7.01. The Kier molecular flexibility index (Phi) is 4.16. The molecule has 0 aromatic carbocycles. The maximum atomic E-state index is 4.07. The highest BCUT2D eigenvalue weighted by atomic mass is 15.0. The first kappa shape index (κ1) is 12.6. The van der Waals surface area contributed by atoms with E-state index in [1.807, 2.05) is 12.4 Å². The summed E-state index contributed by atoms with van der Waals surface area (Å²) < 4.78 is 0. The van der Waals surface area contributed by atoms with Crippen LogP contribution in [0, 0.1) is 11.8 Å². The molecule has 17 heavy (non-hydrogen) atoms. The van der Waals surface area contributed by atoms with Crippen LogP contribution in [0.1, 0.15) is 51.6 Å². The smallest absolute Gasteiger partial charge is 0.0295 e. The van der Waals surface area contributed by atoms with Crippen LogP contribution in [0.15, 0.2) is 24.5 Å². The summed E-state index contributed by atoms with van der Waals surface area (Å²) in [5.41, 5.74) is 1.34. The van der Waals surface area contributed by atoms with E-state index in [0.717, 1.165) is 11.8 Å². The zero-order valence-electron chi connectivity index (χ0n) is 11.2. The standard InChI is InChI=1S/C15H24N2/c1-11-4-5-15(12(2)10-11)17-13(3)14-6-8-16-9-7-14/h6-9,11-13,15,17H,4-5,10H2,1-3H3/t11?,12?,13-,15?/m0/s1. The fourth-order valence-electron chi connectivity index (χ4n) is 2.98. The van der Waals surface area contributed by atoms with Crippen LogP contribution >= 0.6 is 0 Å². The summed E-state index contributed by atoms with van der Waals surface area (Å²) in [7, 11) is 0. The average Bonchev–Trinajstić information content (AvgIpc) is 2.34. The van der Waals surface area contributed by atoms with Crippen molar-refractivity contribution in [1.82, 2.24) is 10.3 Å². The summed E-state index contributed by atoms with van der Waals surface area (Å²) in [6, 6.07) is 5.31. The maximum absolute atomic E-state index is 4.07. The Balaban J connectivity index is 1.93. The van der Waals surface area contributed by atoms with E-state index < -0.39 is 0 Å². The van der Waals surface area contributed by atoms with Crippen molar-refractivity contribution >= 4 is 0 Å². The predicted molar refractivity (Wildman–Crippen MR) is 71.8 cm³/mol. The van der Waals surface area contributed by atoms with Gasteiger partial charge in [-0.15, -0.1) is 0 Å². The van der Waals surface area contributed by atoms with Crippen LogP contribution in [-0.2, 0) is 0 Å². The molecule has 2 rings (SSSR count). The Hall–Kier alpha value is -0.890. The van der Waals surface area contributed by atoms with Crippen molar-refractivity contribution in [2.45, 2.75) is 52.1 Å². The summed E-state index contributed by atoms with van der Waals surface area (Å²) >= 11 is 0. The minimum atomic E-state index is 0.429. The number of nitrogens with one attached hydrogen (secondary N) is 1. The van der Waals surface area contributed by atoms with Crippen molar-refractivity contribution in [3.63, 3.8) is 0 Å². The van der Waals surface area contributed by atoms with E-state index >= 15 is 0 Å². The Labute approximate surface area is 105 Å². The number of hydrogen-bond donors (Lipinski definition) is 1. The Bertz CT molecular complexity index is 336. The molecule has 0 radical (unpaired) electrons. The lowest BCUT2D eigenvalue weighted by atomic mass is 9.79. The third kappa shape index (κ3) is 3.29. The molecule has 2 nitrogen and oxygen atoms in total. The van der Waals surface area contributed by atoms with E-state index in [-0.39, 0.29) is 0 Å². The molecule has 0 aliphatic heterocycles. The largest absolute Gasteiger partial charge is 0.307 e. The first-order valence-corrected chi connectivity index (χ1v) is 6.82. The van der Waals surface area contributed by atoms with E-state index in [4.69, 9.17) is 0 Å². The minimum Gasteiger partial charge on any atom is -0.307 e. The van der Waals surface area contributed by atoms with Gasteiger partial charge in [-0.05, 0) is 55.7 Å². The fraction of sp³-hybridized carbons (Fsp3) is 0.667. The van der Waals surface area contributed by atoms with Gasteiger partial charge in [-0.2, -0.15) is 0 Å². The van der Waals surface area contributed by atoms with Gasteiger partial charge >= 0.3 is 0 Å². The molecule has 3 unspecified atom stereocenters.